The molecule has 294 valence electrons. The molecule has 8 rings (SSSR count). The van der Waals surface area contributed by atoms with Crippen LogP contribution in [0.1, 0.15) is 107 Å². The number of nitrogens with one attached hydrogen (secondary N) is 3. The molecule has 6 heterocycles. The SMILES string of the molecule is Cn1c(=O)n(C2CCC(=O)NC2=O)c2ccc(CCCCCCC(=O)N3CCN([C@H]4CC[C@H](Nc5ncnc6[nH]cc(C7CCOCC7)c56)CC4)CC3)cc21. The number of carbonyl (C=O) groups is 3. The number of hydrogen-bond acceptors (Lipinski definition) is 9. The van der Waals surface area contributed by atoms with Crippen LogP contribution in [0, 0.1) is 0 Å². The lowest BCUT2D eigenvalue weighted by atomic mass is 9.89. The van der Waals surface area contributed by atoms with Crippen LogP contribution in [0.4, 0.5) is 5.82 Å². The molecule has 0 bridgehead atoms. The van der Waals surface area contributed by atoms with Gasteiger partial charge in [0.15, 0.2) is 0 Å². The monoisotopic (exact) mass is 753 g/mol. The summed E-state index contributed by atoms with van der Waals surface area (Å²) in [6, 6.07) is 6.27. The van der Waals surface area contributed by atoms with Crippen LogP contribution in [0.15, 0.2) is 35.5 Å². The van der Waals surface area contributed by atoms with Gasteiger partial charge in [-0.15, -0.1) is 0 Å². The Hall–Kier alpha value is -4.56. The van der Waals surface area contributed by atoms with E-state index in [0.717, 1.165) is 138 Å². The number of aryl methyl sites for hydroxylation is 2. The minimum atomic E-state index is -0.676. The maximum atomic E-state index is 13.1. The number of benzene rings is 1. The number of anilines is 1. The van der Waals surface area contributed by atoms with Gasteiger partial charge in [0.1, 0.15) is 23.8 Å². The van der Waals surface area contributed by atoms with E-state index < -0.39 is 11.9 Å². The first-order valence-corrected chi connectivity index (χ1v) is 20.6. The summed E-state index contributed by atoms with van der Waals surface area (Å²) in [5.74, 6) is 0.995. The number of imidazole rings is 1. The van der Waals surface area contributed by atoms with Gasteiger partial charge in [0.25, 0.3) is 0 Å². The number of fused-ring (bicyclic) bond motifs is 2. The number of rotatable bonds is 12. The van der Waals surface area contributed by atoms with Gasteiger partial charge in [0, 0.05) is 77.6 Å². The smallest absolute Gasteiger partial charge is 0.329 e. The van der Waals surface area contributed by atoms with Crippen molar-refractivity contribution in [3.8, 4) is 0 Å². The van der Waals surface area contributed by atoms with Crippen molar-refractivity contribution < 1.29 is 19.1 Å². The number of ether oxygens (including phenoxy) is 1. The van der Waals surface area contributed by atoms with Crippen molar-refractivity contribution in [2.75, 3.05) is 44.7 Å². The molecule has 1 unspecified atom stereocenters. The first kappa shape index (κ1) is 37.4. The third kappa shape index (κ3) is 8.07. The van der Waals surface area contributed by atoms with Crippen molar-refractivity contribution in [2.45, 2.75) is 114 Å². The molecule has 4 fully saturated rings. The molecular formula is C41H55N9O5. The summed E-state index contributed by atoms with van der Waals surface area (Å²) in [5.41, 5.74) is 4.61. The van der Waals surface area contributed by atoms with E-state index in [1.54, 1.807) is 17.9 Å². The number of nitrogens with zero attached hydrogens (tertiary/aromatic N) is 6. The van der Waals surface area contributed by atoms with Crippen molar-refractivity contribution in [1.29, 1.82) is 0 Å². The molecule has 0 radical (unpaired) electrons. The Morgan fingerprint density at radius 2 is 1.69 bits per heavy atom. The predicted molar refractivity (Wildman–Crippen MR) is 210 cm³/mol. The minimum absolute atomic E-state index is 0.225. The zero-order valence-corrected chi connectivity index (χ0v) is 32.1. The highest BCUT2D eigenvalue weighted by Crippen LogP contribution is 2.36. The maximum absolute atomic E-state index is 13.1. The number of amides is 3. The van der Waals surface area contributed by atoms with Crippen LogP contribution in [0.25, 0.3) is 22.1 Å². The van der Waals surface area contributed by atoms with Crippen molar-refractivity contribution in [3.05, 3.63) is 52.3 Å². The second kappa shape index (κ2) is 16.7. The highest BCUT2D eigenvalue weighted by Gasteiger charge is 2.32. The van der Waals surface area contributed by atoms with E-state index in [1.165, 1.54) is 10.1 Å². The van der Waals surface area contributed by atoms with Crippen LogP contribution in [0.3, 0.4) is 0 Å². The average molecular weight is 754 g/mol. The summed E-state index contributed by atoms with van der Waals surface area (Å²) in [6.07, 6.45) is 16.4. The van der Waals surface area contributed by atoms with E-state index in [4.69, 9.17) is 9.72 Å². The van der Waals surface area contributed by atoms with Gasteiger partial charge in [0.05, 0.1) is 16.4 Å². The number of carbonyl (C=O) groups excluding carboxylic acids is 3. The molecule has 3 aliphatic heterocycles. The molecule has 3 amide bonds. The second-order valence-corrected chi connectivity index (χ2v) is 16.1. The second-order valence-electron chi connectivity index (χ2n) is 16.1. The van der Waals surface area contributed by atoms with Crippen LogP contribution in [-0.2, 0) is 32.6 Å². The van der Waals surface area contributed by atoms with E-state index >= 15 is 0 Å². The van der Waals surface area contributed by atoms with Crippen molar-refractivity contribution in [3.63, 3.8) is 0 Å². The number of imide groups is 1. The summed E-state index contributed by atoms with van der Waals surface area (Å²) in [7, 11) is 1.73. The fraction of sp³-hybridized carbons (Fsp3) is 0.610. The molecule has 4 aliphatic rings. The van der Waals surface area contributed by atoms with Crippen molar-refractivity contribution in [2.24, 2.45) is 7.05 Å². The van der Waals surface area contributed by atoms with E-state index in [-0.39, 0.29) is 23.9 Å². The van der Waals surface area contributed by atoms with Crippen molar-refractivity contribution >= 4 is 45.6 Å². The number of piperidine rings is 1. The lowest BCUT2D eigenvalue weighted by molar-refractivity contribution is -0.136. The van der Waals surface area contributed by atoms with Crippen LogP contribution >= 0.6 is 0 Å². The fourth-order valence-corrected chi connectivity index (χ4v) is 9.45. The summed E-state index contributed by atoms with van der Waals surface area (Å²) >= 11 is 0. The van der Waals surface area contributed by atoms with E-state index in [1.807, 2.05) is 18.2 Å². The molecule has 1 saturated carbocycles. The average Bonchev–Trinajstić information content (AvgIpc) is 3.75. The molecule has 3 saturated heterocycles. The summed E-state index contributed by atoms with van der Waals surface area (Å²) in [6.45, 7) is 5.14. The van der Waals surface area contributed by atoms with E-state index in [9.17, 15) is 19.2 Å². The van der Waals surface area contributed by atoms with Gasteiger partial charge >= 0.3 is 5.69 Å². The first-order chi connectivity index (χ1) is 26.8. The zero-order chi connectivity index (χ0) is 37.9. The molecule has 4 aromatic rings. The number of hydrogen-bond donors (Lipinski definition) is 3. The standard InChI is InChI=1S/C41H55N9O5/c1-47-34-24-27(8-13-32(34)50(41(47)54)33-14-15-35(51)46-40(33)53)6-4-2-3-5-7-36(52)49-20-18-48(19-21-49)30-11-9-29(10-12-30)45-39-37-31(28-16-22-55-23-17-28)25-42-38(37)43-26-44-39/h8,13,24-26,28-30,33H,2-7,9-12,14-23H2,1H3,(H,46,51,53)(H2,42,43,44,45)/t29-,30-,33?. The first-order valence-electron chi connectivity index (χ1n) is 20.6. The third-order valence-electron chi connectivity index (χ3n) is 12.7. The van der Waals surface area contributed by atoms with Gasteiger partial charge in [0.2, 0.25) is 17.7 Å². The van der Waals surface area contributed by atoms with E-state index in [2.05, 4.69) is 36.6 Å². The quantitative estimate of drug-likeness (QED) is 0.140. The van der Waals surface area contributed by atoms with Crippen LogP contribution in [0.5, 0.6) is 0 Å². The Kier molecular flexibility index (Phi) is 11.3. The Labute approximate surface area is 321 Å². The Morgan fingerprint density at radius 1 is 0.909 bits per heavy atom. The normalized spacial score (nSPS) is 23.1. The molecule has 1 aliphatic carbocycles. The predicted octanol–water partition coefficient (Wildman–Crippen LogP) is 4.54. The summed E-state index contributed by atoms with van der Waals surface area (Å²) < 4.78 is 8.71. The molecule has 1 aromatic carbocycles. The highest BCUT2D eigenvalue weighted by atomic mass is 16.5. The number of aromatic amines is 1. The highest BCUT2D eigenvalue weighted by molar-refractivity contribution is 6.00. The Morgan fingerprint density at radius 3 is 2.47 bits per heavy atom. The third-order valence-corrected chi connectivity index (χ3v) is 12.7. The molecule has 3 aromatic heterocycles. The molecule has 1 atom stereocenters. The van der Waals surface area contributed by atoms with Crippen LogP contribution in [-0.4, -0.2) is 103 Å². The number of aromatic nitrogens is 5. The van der Waals surface area contributed by atoms with Crippen molar-refractivity contribution in [1.82, 2.24) is 39.2 Å². The maximum Gasteiger partial charge on any atom is 0.329 e. The van der Waals surface area contributed by atoms with Crippen LogP contribution in [0.2, 0.25) is 0 Å². The van der Waals surface area contributed by atoms with Gasteiger partial charge in [-0.1, -0.05) is 18.9 Å². The minimum Gasteiger partial charge on any atom is -0.381 e. The molecule has 0 spiro atoms. The van der Waals surface area contributed by atoms with Gasteiger partial charge < -0.3 is 19.9 Å². The topological polar surface area (TPSA) is 159 Å². The summed E-state index contributed by atoms with van der Waals surface area (Å²) in [5, 5.41) is 7.30. The fourth-order valence-electron chi connectivity index (χ4n) is 9.45. The molecule has 3 N–H and O–H groups in total. The number of unbranched alkanes of at least 4 members (excludes halogenated alkanes) is 3. The number of piperazine rings is 1. The van der Waals surface area contributed by atoms with Crippen LogP contribution < -0.4 is 16.3 Å². The van der Waals surface area contributed by atoms with Gasteiger partial charge in [-0.3, -0.25) is 33.7 Å². The molecule has 14 nitrogen and oxygen atoms in total. The van der Waals surface area contributed by atoms with Gasteiger partial charge in [-0.25, -0.2) is 14.8 Å². The zero-order valence-electron chi connectivity index (χ0n) is 32.1. The van der Waals surface area contributed by atoms with E-state index in [0.29, 0.717) is 36.4 Å². The Balaban J connectivity index is 0.735. The summed E-state index contributed by atoms with van der Waals surface area (Å²) in [4.78, 5) is 67.5. The van der Waals surface area contributed by atoms with Gasteiger partial charge in [-0.05, 0) is 93.4 Å². The lowest BCUT2D eigenvalue weighted by Gasteiger charge is -2.42. The molecule has 14 heteroatoms. The molecular weight excluding hydrogens is 699 g/mol. The number of H-pyrrole nitrogens is 1. The Bertz CT molecular complexity index is 2060. The largest absolute Gasteiger partial charge is 0.381 e. The van der Waals surface area contributed by atoms with Gasteiger partial charge in [-0.2, -0.15) is 0 Å². The molecule has 55 heavy (non-hydrogen) atoms. The lowest BCUT2D eigenvalue weighted by Crippen LogP contribution is -2.53.